The topological polar surface area (TPSA) is 67.6 Å². The van der Waals surface area contributed by atoms with Gasteiger partial charge in [-0.3, -0.25) is 0 Å². The summed E-state index contributed by atoms with van der Waals surface area (Å²) in [5.41, 5.74) is 1.52. The Morgan fingerprint density at radius 3 is 3.33 bits per heavy atom. The number of nitrogens with one attached hydrogen (secondary N) is 1. The first-order valence-electron chi connectivity index (χ1n) is 3.48. The van der Waals surface area contributed by atoms with Crippen LogP contribution in [0.2, 0.25) is 0 Å². The molecule has 0 fully saturated rings. The van der Waals surface area contributed by atoms with Crippen molar-refractivity contribution in [2.24, 2.45) is 0 Å². The zero-order valence-corrected chi connectivity index (χ0v) is 5.98. The van der Waals surface area contributed by atoms with Crippen molar-refractivity contribution in [1.82, 2.24) is 20.4 Å². The molecule has 0 saturated heterocycles. The molecule has 12 heavy (non-hydrogen) atoms. The maximum Gasteiger partial charge on any atom is 0.249 e. The van der Waals surface area contributed by atoms with Crippen LogP contribution in [0.3, 0.4) is 0 Å². The molecule has 0 spiro atoms. The molecule has 1 N–H and O–H groups in total. The number of H-pyrrole nitrogens is 1. The highest BCUT2D eigenvalue weighted by molar-refractivity contribution is 5.78. The van der Waals surface area contributed by atoms with E-state index in [1.807, 2.05) is 6.07 Å². The van der Waals surface area contributed by atoms with Gasteiger partial charge in [-0.05, 0) is 6.07 Å². The lowest BCUT2D eigenvalue weighted by atomic mass is 10.2. The van der Waals surface area contributed by atoms with Crippen molar-refractivity contribution in [2.45, 2.75) is 0 Å². The van der Waals surface area contributed by atoms with Gasteiger partial charge < -0.3 is 4.42 Å². The summed E-state index contributed by atoms with van der Waals surface area (Å²) in [6, 6.07) is 1.93. The van der Waals surface area contributed by atoms with Crippen molar-refractivity contribution < 1.29 is 4.42 Å². The quantitative estimate of drug-likeness (QED) is 0.533. The van der Waals surface area contributed by atoms with Gasteiger partial charge in [-0.15, -0.1) is 5.10 Å². The normalized spacial score (nSPS) is 11.3. The highest BCUT2D eigenvalue weighted by Crippen LogP contribution is 2.23. The molecule has 0 saturated carbocycles. The maximum atomic E-state index is 5.33. The van der Waals surface area contributed by atoms with E-state index in [4.69, 9.17) is 4.42 Å². The van der Waals surface area contributed by atoms with Gasteiger partial charge in [0.15, 0.2) is 0 Å². The third-order valence-corrected chi connectivity index (χ3v) is 1.73. The first-order valence-corrected chi connectivity index (χ1v) is 3.48. The van der Waals surface area contributed by atoms with Gasteiger partial charge in [-0.1, -0.05) is 0 Å². The monoisotopic (exact) mass is 160 g/mol. The van der Waals surface area contributed by atoms with Gasteiger partial charge in [0.1, 0.15) is 0 Å². The predicted molar refractivity (Wildman–Crippen MR) is 40.6 cm³/mol. The molecule has 1 aromatic rings. The van der Waals surface area contributed by atoms with E-state index in [9.17, 15) is 0 Å². The van der Waals surface area contributed by atoms with E-state index in [0.29, 0.717) is 11.6 Å². The van der Waals surface area contributed by atoms with Gasteiger partial charge in [0, 0.05) is 0 Å². The summed E-state index contributed by atoms with van der Waals surface area (Å²) >= 11 is 0. The van der Waals surface area contributed by atoms with Gasteiger partial charge in [0.05, 0.1) is 23.3 Å². The SMILES string of the molecule is c1nnc2oc3[nH]ncc3cc1-2. The number of hydrogen-bond acceptors (Lipinski definition) is 4. The second-order valence-corrected chi connectivity index (χ2v) is 2.51. The molecule has 0 bridgehead atoms. The van der Waals surface area contributed by atoms with E-state index in [1.165, 1.54) is 0 Å². The minimum absolute atomic E-state index is 0.534. The van der Waals surface area contributed by atoms with E-state index in [2.05, 4.69) is 20.4 Å². The van der Waals surface area contributed by atoms with E-state index in [-0.39, 0.29) is 0 Å². The van der Waals surface area contributed by atoms with Crippen LogP contribution >= 0.6 is 0 Å². The van der Waals surface area contributed by atoms with Crippen molar-refractivity contribution in [2.75, 3.05) is 0 Å². The average Bonchev–Trinajstić information content (AvgIpc) is 2.64. The Hall–Kier alpha value is -1.91. The number of nitrogens with zero attached hydrogens (tertiary/aromatic N) is 3. The van der Waals surface area contributed by atoms with Gasteiger partial charge in [-0.25, -0.2) is 5.10 Å². The Balaban J connectivity index is 2.56. The minimum Gasteiger partial charge on any atom is -0.418 e. The molecule has 0 atom stereocenters. The Labute approximate surface area is 66.7 Å². The van der Waals surface area contributed by atoms with Crippen molar-refractivity contribution >= 4 is 11.1 Å². The molecule has 58 valence electrons. The summed E-state index contributed by atoms with van der Waals surface area (Å²) in [7, 11) is 0. The van der Waals surface area contributed by atoms with Crippen LogP contribution in [-0.2, 0) is 0 Å². The smallest absolute Gasteiger partial charge is 0.249 e. The molecule has 0 amide bonds. The molecule has 5 nitrogen and oxygen atoms in total. The molecule has 5 heteroatoms. The zero-order chi connectivity index (χ0) is 7.97. The van der Waals surface area contributed by atoms with Gasteiger partial charge in [-0.2, -0.15) is 10.2 Å². The third-order valence-electron chi connectivity index (χ3n) is 1.73. The van der Waals surface area contributed by atoms with E-state index in [1.54, 1.807) is 12.4 Å². The standard InChI is InChI=1S/C7H4N4O/c1-4-2-8-10-6(4)12-7-5(1)3-9-11-7/h1-3H,(H,8,10). The highest BCUT2D eigenvalue weighted by Gasteiger charge is 2.09. The van der Waals surface area contributed by atoms with Crippen LogP contribution in [0.15, 0.2) is 22.9 Å². The Morgan fingerprint density at radius 1 is 1.33 bits per heavy atom. The molecule has 0 radical (unpaired) electrons. The fourth-order valence-corrected chi connectivity index (χ4v) is 1.17. The maximum absolute atomic E-state index is 5.33. The lowest BCUT2D eigenvalue weighted by Crippen LogP contribution is -1.76. The Bertz CT molecular complexity index is 455. The summed E-state index contributed by atoms with van der Waals surface area (Å²) in [5.74, 6) is 0.534. The largest absolute Gasteiger partial charge is 0.418 e. The summed E-state index contributed by atoms with van der Waals surface area (Å²) in [6.07, 6.45) is 3.36. The highest BCUT2D eigenvalue weighted by atomic mass is 16.4. The summed E-state index contributed by atoms with van der Waals surface area (Å²) in [5, 5.41) is 15.0. The molecule has 3 heterocycles. The van der Waals surface area contributed by atoms with E-state index in [0.717, 1.165) is 10.9 Å². The Morgan fingerprint density at radius 2 is 2.33 bits per heavy atom. The fourth-order valence-electron chi connectivity index (χ4n) is 1.17. The van der Waals surface area contributed by atoms with Crippen molar-refractivity contribution in [3.05, 3.63) is 18.5 Å². The number of fused-ring (bicyclic) bond motifs is 2. The fraction of sp³-hybridized carbons (Fsp3) is 0. The van der Waals surface area contributed by atoms with Crippen molar-refractivity contribution in [1.29, 1.82) is 0 Å². The van der Waals surface area contributed by atoms with Crippen molar-refractivity contribution in [3.8, 4) is 11.5 Å². The molecule has 0 unspecified atom stereocenters. The number of aromatic amines is 1. The minimum atomic E-state index is 0.534. The summed E-state index contributed by atoms with van der Waals surface area (Å²) < 4.78 is 5.33. The van der Waals surface area contributed by atoms with E-state index >= 15 is 0 Å². The van der Waals surface area contributed by atoms with Crippen molar-refractivity contribution in [3.63, 3.8) is 0 Å². The number of aromatic nitrogens is 4. The molecular formula is C7H4N4O. The number of rotatable bonds is 0. The van der Waals surface area contributed by atoms with Crippen LogP contribution in [0.25, 0.3) is 22.6 Å². The summed E-state index contributed by atoms with van der Waals surface area (Å²) in [6.45, 7) is 0. The van der Waals surface area contributed by atoms with Crippen LogP contribution in [0.4, 0.5) is 0 Å². The first-order chi connectivity index (χ1) is 5.93. The Kier molecular flexibility index (Phi) is 0.864. The predicted octanol–water partition coefficient (Wildman–Crippen LogP) is 1.05. The van der Waals surface area contributed by atoms with Crippen LogP contribution in [0, 0.1) is 0 Å². The van der Waals surface area contributed by atoms with Crippen LogP contribution in [0.1, 0.15) is 0 Å². The molecule has 0 aromatic carbocycles. The average molecular weight is 160 g/mol. The van der Waals surface area contributed by atoms with Gasteiger partial charge in [0.2, 0.25) is 11.6 Å². The van der Waals surface area contributed by atoms with E-state index < -0.39 is 0 Å². The van der Waals surface area contributed by atoms with Gasteiger partial charge in [0.25, 0.3) is 0 Å². The van der Waals surface area contributed by atoms with Gasteiger partial charge >= 0.3 is 0 Å². The summed E-state index contributed by atoms with van der Waals surface area (Å²) in [4.78, 5) is 0. The lowest BCUT2D eigenvalue weighted by molar-refractivity contribution is 0.584. The molecule has 2 aliphatic heterocycles. The van der Waals surface area contributed by atoms with Crippen LogP contribution in [-0.4, -0.2) is 20.4 Å². The number of hydrogen-bond donors (Lipinski definition) is 1. The second kappa shape index (κ2) is 1.82. The molecule has 3 rings (SSSR count). The van der Waals surface area contributed by atoms with Crippen LogP contribution < -0.4 is 0 Å². The van der Waals surface area contributed by atoms with Crippen LogP contribution in [0.5, 0.6) is 0 Å². The molecular weight excluding hydrogens is 156 g/mol. The molecule has 0 aliphatic carbocycles. The third kappa shape index (κ3) is 0.597. The zero-order valence-electron chi connectivity index (χ0n) is 5.98. The lowest BCUT2D eigenvalue weighted by Gasteiger charge is -1.92. The second-order valence-electron chi connectivity index (χ2n) is 2.51. The first kappa shape index (κ1) is 5.70. The molecule has 1 aromatic heterocycles. The molecule has 2 aliphatic rings.